The van der Waals surface area contributed by atoms with E-state index in [1.54, 1.807) is 0 Å². The summed E-state index contributed by atoms with van der Waals surface area (Å²) in [5, 5.41) is 9.02. The predicted molar refractivity (Wildman–Crippen MR) is 36.3 cm³/mol. The third kappa shape index (κ3) is 9.67. The summed E-state index contributed by atoms with van der Waals surface area (Å²) in [6.45, 7) is 1.50. The molecule has 0 aliphatic heterocycles. The van der Waals surface area contributed by atoms with Crippen LogP contribution in [0.3, 0.4) is 0 Å². The van der Waals surface area contributed by atoms with Gasteiger partial charge in [-0.05, 0) is 13.8 Å². The maximum Gasteiger partial charge on any atom is 0.413 e. The maximum atomic E-state index is 11.4. The summed E-state index contributed by atoms with van der Waals surface area (Å²) in [5.74, 6) is 0. The molecule has 0 aromatic rings. The second-order valence-electron chi connectivity index (χ2n) is 3.04. The van der Waals surface area contributed by atoms with Gasteiger partial charge in [0.15, 0.2) is 6.61 Å². The molecule has 12 heavy (non-hydrogen) atoms. The van der Waals surface area contributed by atoms with Gasteiger partial charge in [0.2, 0.25) is 0 Å². The van der Waals surface area contributed by atoms with Gasteiger partial charge < -0.3 is 5.11 Å². The Morgan fingerprint density at radius 1 is 1.33 bits per heavy atom. The van der Waals surface area contributed by atoms with Gasteiger partial charge in [-0.2, -0.15) is 18.7 Å². The number of hydroxylamine groups is 1. The second-order valence-corrected chi connectivity index (χ2v) is 3.04. The van der Waals surface area contributed by atoms with Crippen molar-refractivity contribution in [1.82, 2.24) is 5.48 Å². The SMILES string of the molecule is CC(C)(O)CNOCC(F)(F)F. The van der Waals surface area contributed by atoms with E-state index in [0.717, 1.165) is 0 Å². The molecule has 0 bridgehead atoms. The fourth-order valence-corrected chi connectivity index (χ4v) is 0.361. The lowest BCUT2D eigenvalue weighted by atomic mass is 10.1. The highest BCUT2D eigenvalue weighted by Crippen LogP contribution is 2.13. The van der Waals surface area contributed by atoms with E-state index in [1.165, 1.54) is 13.8 Å². The van der Waals surface area contributed by atoms with Crippen LogP contribution in [-0.4, -0.2) is 30.0 Å². The van der Waals surface area contributed by atoms with Gasteiger partial charge in [-0.1, -0.05) is 0 Å². The highest BCUT2D eigenvalue weighted by atomic mass is 19.4. The first-order valence-corrected chi connectivity index (χ1v) is 3.34. The van der Waals surface area contributed by atoms with Crippen molar-refractivity contribution in [3.8, 4) is 0 Å². The van der Waals surface area contributed by atoms with E-state index >= 15 is 0 Å². The van der Waals surface area contributed by atoms with Crippen LogP contribution >= 0.6 is 0 Å². The zero-order valence-electron chi connectivity index (χ0n) is 6.90. The third-order valence-electron chi connectivity index (χ3n) is 0.843. The van der Waals surface area contributed by atoms with Gasteiger partial charge in [-0.15, -0.1) is 0 Å². The van der Waals surface area contributed by atoms with Crippen molar-refractivity contribution in [2.24, 2.45) is 0 Å². The normalized spacial score (nSPS) is 13.5. The number of hydrogen-bond donors (Lipinski definition) is 2. The molecule has 0 saturated carbocycles. The van der Waals surface area contributed by atoms with Crippen molar-refractivity contribution in [2.45, 2.75) is 25.6 Å². The Hall–Kier alpha value is -0.330. The Morgan fingerprint density at radius 2 is 1.83 bits per heavy atom. The van der Waals surface area contributed by atoms with Crippen molar-refractivity contribution < 1.29 is 23.1 Å². The van der Waals surface area contributed by atoms with Crippen molar-refractivity contribution in [2.75, 3.05) is 13.2 Å². The van der Waals surface area contributed by atoms with Crippen LogP contribution in [0.25, 0.3) is 0 Å². The summed E-state index contributed by atoms with van der Waals surface area (Å²) in [6.07, 6.45) is -4.34. The average Bonchev–Trinajstić information content (AvgIpc) is 1.76. The standard InChI is InChI=1S/C6H12F3NO2/c1-5(2,11)3-10-12-4-6(7,8)9/h10-11H,3-4H2,1-2H3. The molecule has 6 heteroatoms. The summed E-state index contributed by atoms with van der Waals surface area (Å²) in [6, 6.07) is 0. The Morgan fingerprint density at radius 3 is 2.17 bits per heavy atom. The highest BCUT2D eigenvalue weighted by Gasteiger charge is 2.28. The van der Waals surface area contributed by atoms with Crippen LogP contribution in [0.2, 0.25) is 0 Å². The molecule has 0 radical (unpaired) electrons. The molecular formula is C6H12F3NO2. The summed E-state index contributed by atoms with van der Waals surface area (Å²) in [5.41, 5.74) is 0.934. The molecule has 0 aromatic heterocycles. The first kappa shape index (κ1) is 11.7. The van der Waals surface area contributed by atoms with E-state index in [2.05, 4.69) is 4.84 Å². The Balaban J connectivity index is 3.35. The zero-order valence-corrected chi connectivity index (χ0v) is 6.90. The summed E-state index contributed by atoms with van der Waals surface area (Å²) < 4.78 is 34.3. The smallest absolute Gasteiger partial charge is 0.389 e. The van der Waals surface area contributed by atoms with E-state index in [0.29, 0.717) is 0 Å². The number of rotatable bonds is 4. The van der Waals surface area contributed by atoms with E-state index in [1.807, 2.05) is 5.48 Å². The molecule has 0 spiro atoms. The molecular weight excluding hydrogens is 175 g/mol. The van der Waals surface area contributed by atoms with Crippen molar-refractivity contribution in [1.29, 1.82) is 0 Å². The Kier molecular flexibility index (Phi) is 3.95. The molecule has 0 saturated heterocycles. The second kappa shape index (κ2) is 4.06. The minimum absolute atomic E-state index is 0.0525. The lowest BCUT2D eigenvalue weighted by Crippen LogP contribution is -2.36. The first-order valence-electron chi connectivity index (χ1n) is 3.34. The topological polar surface area (TPSA) is 41.5 Å². The van der Waals surface area contributed by atoms with Crippen molar-refractivity contribution in [3.63, 3.8) is 0 Å². The molecule has 0 fully saturated rings. The lowest BCUT2D eigenvalue weighted by Gasteiger charge is -2.17. The van der Waals surface area contributed by atoms with E-state index in [-0.39, 0.29) is 6.54 Å². The van der Waals surface area contributed by atoms with Crippen LogP contribution in [0.15, 0.2) is 0 Å². The molecule has 74 valence electrons. The predicted octanol–water partition coefficient (Wildman–Crippen LogP) is 0.841. The van der Waals surface area contributed by atoms with Gasteiger partial charge in [0.05, 0.1) is 5.60 Å². The highest BCUT2D eigenvalue weighted by molar-refractivity contribution is 4.64. The van der Waals surface area contributed by atoms with E-state index in [9.17, 15) is 13.2 Å². The number of aliphatic hydroxyl groups is 1. The van der Waals surface area contributed by atoms with Gasteiger partial charge in [-0.3, -0.25) is 4.84 Å². The number of halogens is 3. The van der Waals surface area contributed by atoms with Crippen LogP contribution in [0.4, 0.5) is 13.2 Å². The molecule has 0 amide bonds. The fraction of sp³-hybridized carbons (Fsp3) is 1.00. The van der Waals surface area contributed by atoms with Crippen LogP contribution in [0.5, 0.6) is 0 Å². The first-order chi connectivity index (χ1) is 5.21. The minimum atomic E-state index is -4.34. The fourth-order valence-electron chi connectivity index (χ4n) is 0.361. The zero-order chi connectivity index (χ0) is 9.83. The summed E-state index contributed by atoms with van der Waals surface area (Å²) >= 11 is 0. The summed E-state index contributed by atoms with van der Waals surface area (Å²) in [4.78, 5) is 4.04. The molecule has 0 heterocycles. The van der Waals surface area contributed by atoms with Gasteiger partial charge in [0, 0.05) is 6.54 Å². The van der Waals surface area contributed by atoms with Gasteiger partial charge in [0.1, 0.15) is 0 Å². The monoisotopic (exact) mass is 187 g/mol. The molecule has 0 aliphatic rings. The molecule has 0 unspecified atom stereocenters. The number of hydrogen-bond acceptors (Lipinski definition) is 3. The van der Waals surface area contributed by atoms with Crippen LogP contribution in [-0.2, 0) is 4.84 Å². The average molecular weight is 187 g/mol. The quantitative estimate of drug-likeness (QED) is 0.506. The van der Waals surface area contributed by atoms with E-state index < -0.39 is 18.4 Å². The largest absolute Gasteiger partial charge is 0.413 e. The van der Waals surface area contributed by atoms with Crippen LogP contribution in [0.1, 0.15) is 13.8 Å². The Bertz CT molecular complexity index is 114. The molecule has 0 rings (SSSR count). The van der Waals surface area contributed by atoms with Gasteiger partial charge in [-0.25, -0.2) is 0 Å². The minimum Gasteiger partial charge on any atom is -0.389 e. The van der Waals surface area contributed by atoms with Crippen molar-refractivity contribution >= 4 is 0 Å². The third-order valence-corrected chi connectivity index (χ3v) is 0.843. The van der Waals surface area contributed by atoms with Gasteiger partial charge in [0.25, 0.3) is 0 Å². The molecule has 0 aliphatic carbocycles. The molecule has 2 N–H and O–H groups in total. The number of nitrogens with one attached hydrogen (secondary N) is 1. The van der Waals surface area contributed by atoms with E-state index in [4.69, 9.17) is 5.11 Å². The van der Waals surface area contributed by atoms with Crippen molar-refractivity contribution in [3.05, 3.63) is 0 Å². The molecule has 0 atom stereocenters. The molecule has 0 aromatic carbocycles. The van der Waals surface area contributed by atoms with Crippen LogP contribution < -0.4 is 5.48 Å². The molecule has 3 nitrogen and oxygen atoms in total. The maximum absolute atomic E-state index is 11.4. The van der Waals surface area contributed by atoms with Crippen LogP contribution in [0, 0.1) is 0 Å². The van der Waals surface area contributed by atoms with Gasteiger partial charge >= 0.3 is 6.18 Å². The Labute approximate surface area is 68.5 Å². The lowest BCUT2D eigenvalue weighted by molar-refractivity contribution is -0.192. The summed E-state index contributed by atoms with van der Waals surface area (Å²) in [7, 11) is 0. The number of alkyl halides is 3.